The second-order valence-electron chi connectivity index (χ2n) is 5.57. The van der Waals surface area contributed by atoms with Gasteiger partial charge >= 0.3 is 0 Å². The van der Waals surface area contributed by atoms with E-state index in [1.54, 1.807) is 7.11 Å². The van der Waals surface area contributed by atoms with Crippen LogP contribution in [0, 0.1) is 5.41 Å². The molecule has 0 aliphatic rings. The minimum absolute atomic E-state index is 0.290. The van der Waals surface area contributed by atoms with Crippen molar-refractivity contribution in [2.75, 3.05) is 13.7 Å². The first kappa shape index (κ1) is 14.6. The third kappa shape index (κ3) is 4.82. The molecular weight excluding hydrogens is 224 g/mol. The maximum Gasteiger partial charge on any atom is 0.161 e. The van der Waals surface area contributed by atoms with Crippen LogP contribution in [-0.4, -0.2) is 13.7 Å². The number of rotatable bonds is 5. The Balaban J connectivity index is 2.71. The summed E-state index contributed by atoms with van der Waals surface area (Å²) in [4.78, 5) is 0. The minimum atomic E-state index is 0.290. The van der Waals surface area contributed by atoms with E-state index in [1.165, 1.54) is 0 Å². The number of methoxy groups -OCH3 is 1. The van der Waals surface area contributed by atoms with Crippen LogP contribution in [0.1, 0.15) is 39.7 Å². The number of ether oxygens (including phenoxy) is 2. The van der Waals surface area contributed by atoms with Gasteiger partial charge in [0.05, 0.1) is 13.7 Å². The Kier molecular flexibility index (Phi) is 5.26. The Bertz CT molecular complexity index is 400. The fraction of sp³-hybridized carbons (Fsp3) is 0.500. The zero-order valence-corrected chi connectivity index (χ0v) is 12.1. The standard InChI is InChI=1S/C16H24O2/c1-6-7-13-8-9-14(15(12-13)17-5)18-11-10-16(2,3)4/h6-9,12H,10-11H2,1-5H3/b7-6+. The molecule has 0 spiro atoms. The first-order valence-electron chi connectivity index (χ1n) is 6.40. The molecule has 0 unspecified atom stereocenters. The van der Waals surface area contributed by atoms with Crippen LogP contribution in [0.25, 0.3) is 6.08 Å². The van der Waals surface area contributed by atoms with Crippen LogP contribution in [0.15, 0.2) is 24.3 Å². The molecule has 18 heavy (non-hydrogen) atoms. The Labute approximate surface area is 111 Å². The SMILES string of the molecule is C/C=C/c1ccc(OCCC(C)(C)C)c(OC)c1. The normalized spacial score (nSPS) is 11.8. The van der Waals surface area contributed by atoms with E-state index in [0.29, 0.717) is 6.61 Å². The lowest BCUT2D eigenvalue weighted by molar-refractivity contribution is 0.234. The lowest BCUT2D eigenvalue weighted by Gasteiger charge is -2.19. The molecular formula is C16H24O2. The Morgan fingerprint density at radius 2 is 1.89 bits per heavy atom. The second kappa shape index (κ2) is 6.48. The molecule has 2 heteroatoms. The third-order valence-electron chi connectivity index (χ3n) is 2.66. The summed E-state index contributed by atoms with van der Waals surface area (Å²) in [6.45, 7) is 9.34. The van der Waals surface area contributed by atoms with Crippen molar-refractivity contribution < 1.29 is 9.47 Å². The fourth-order valence-electron chi connectivity index (χ4n) is 1.57. The highest BCUT2D eigenvalue weighted by Gasteiger charge is 2.11. The van der Waals surface area contributed by atoms with Crippen LogP contribution in [-0.2, 0) is 0 Å². The first-order valence-corrected chi connectivity index (χ1v) is 6.40. The predicted octanol–water partition coefficient (Wildman–Crippen LogP) is 4.54. The van der Waals surface area contributed by atoms with Crippen molar-refractivity contribution in [3.8, 4) is 11.5 Å². The van der Waals surface area contributed by atoms with Gasteiger partial charge in [-0.15, -0.1) is 0 Å². The molecule has 0 aliphatic heterocycles. The zero-order valence-electron chi connectivity index (χ0n) is 12.1. The maximum atomic E-state index is 5.79. The Morgan fingerprint density at radius 3 is 2.44 bits per heavy atom. The van der Waals surface area contributed by atoms with Crippen molar-refractivity contribution in [2.45, 2.75) is 34.1 Å². The van der Waals surface area contributed by atoms with E-state index < -0.39 is 0 Å². The number of benzene rings is 1. The molecule has 1 aromatic carbocycles. The van der Waals surface area contributed by atoms with E-state index >= 15 is 0 Å². The molecule has 100 valence electrons. The summed E-state index contributed by atoms with van der Waals surface area (Å²) in [6, 6.07) is 6.00. The van der Waals surface area contributed by atoms with Crippen LogP contribution in [0.3, 0.4) is 0 Å². The predicted molar refractivity (Wildman–Crippen MR) is 77.3 cm³/mol. The van der Waals surface area contributed by atoms with E-state index in [0.717, 1.165) is 23.5 Å². The maximum absolute atomic E-state index is 5.79. The molecule has 0 bridgehead atoms. The highest BCUT2D eigenvalue weighted by atomic mass is 16.5. The largest absolute Gasteiger partial charge is 0.493 e. The van der Waals surface area contributed by atoms with Gasteiger partial charge in [0.15, 0.2) is 11.5 Å². The van der Waals surface area contributed by atoms with Crippen molar-refractivity contribution in [1.29, 1.82) is 0 Å². The number of hydrogen-bond donors (Lipinski definition) is 0. The van der Waals surface area contributed by atoms with Gasteiger partial charge in [0, 0.05) is 0 Å². The first-order chi connectivity index (χ1) is 8.46. The van der Waals surface area contributed by atoms with Crippen molar-refractivity contribution in [2.24, 2.45) is 5.41 Å². The monoisotopic (exact) mass is 248 g/mol. The molecule has 0 saturated heterocycles. The summed E-state index contributed by atoms with van der Waals surface area (Å²) in [5.74, 6) is 1.61. The van der Waals surface area contributed by atoms with Gasteiger partial charge in [0.1, 0.15) is 0 Å². The van der Waals surface area contributed by atoms with Crippen LogP contribution < -0.4 is 9.47 Å². The molecule has 0 amide bonds. The van der Waals surface area contributed by atoms with E-state index in [4.69, 9.17) is 9.47 Å². The van der Waals surface area contributed by atoms with Gasteiger partial charge < -0.3 is 9.47 Å². The summed E-state index contributed by atoms with van der Waals surface area (Å²) in [6.07, 6.45) is 5.07. The van der Waals surface area contributed by atoms with Crippen LogP contribution in [0.4, 0.5) is 0 Å². The molecule has 0 fully saturated rings. The minimum Gasteiger partial charge on any atom is -0.493 e. The highest BCUT2D eigenvalue weighted by molar-refractivity contribution is 5.55. The van der Waals surface area contributed by atoms with Crippen LogP contribution in [0.5, 0.6) is 11.5 Å². The van der Waals surface area contributed by atoms with Crippen LogP contribution in [0.2, 0.25) is 0 Å². The van der Waals surface area contributed by atoms with Gasteiger partial charge in [0.25, 0.3) is 0 Å². The molecule has 2 nitrogen and oxygen atoms in total. The van der Waals surface area contributed by atoms with Crippen molar-refractivity contribution in [3.05, 3.63) is 29.8 Å². The van der Waals surface area contributed by atoms with E-state index in [-0.39, 0.29) is 5.41 Å². The topological polar surface area (TPSA) is 18.5 Å². The molecule has 0 aliphatic carbocycles. The molecule has 0 aromatic heterocycles. The molecule has 0 N–H and O–H groups in total. The quantitative estimate of drug-likeness (QED) is 0.761. The summed E-state index contributed by atoms with van der Waals surface area (Å²) in [5, 5.41) is 0. The van der Waals surface area contributed by atoms with E-state index in [1.807, 2.05) is 37.3 Å². The lowest BCUT2D eigenvalue weighted by atomic mass is 9.93. The van der Waals surface area contributed by atoms with Crippen molar-refractivity contribution in [1.82, 2.24) is 0 Å². The van der Waals surface area contributed by atoms with Crippen LogP contribution >= 0.6 is 0 Å². The van der Waals surface area contributed by atoms with Crippen molar-refractivity contribution in [3.63, 3.8) is 0 Å². The van der Waals surface area contributed by atoms with Gasteiger partial charge in [-0.1, -0.05) is 39.0 Å². The fourth-order valence-corrected chi connectivity index (χ4v) is 1.57. The van der Waals surface area contributed by atoms with Gasteiger partial charge in [-0.05, 0) is 36.5 Å². The van der Waals surface area contributed by atoms with E-state index in [9.17, 15) is 0 Å². The number of allylic oxidation sites excluding steroid dienone is 1. The zero-order chi connectivity index (χ0) is 13.6. The highest BCUT2D eigenvalue weighted by Crippen LogP contribution is 2.29. The lowest BCUT2D eigenvalue weighted by Crippen LogP contribution is -2.11. The van der Waals surface area contributed by atoms with Gasteiger partial charge in [-0.2, -0.15) is 0 Å². The molecule has 1 aromatic rings. The molecule has 0 atom stereocenters. The average molecular weight is 248 g/mol. The van der Waals surface area contributed by atoms with Gasteiger partial charge in [-0.3, -0.25) is 0 Å². The second-order valence-corrected chi connectivity index (χ2v) is 5.57. The van der Waals surface area contributed by atoms with Gasteiger partial charge in [0.2, 0.25) is 0 Å². The summed E-state index contributed by atoms with van der Waals surface area (Å²) < 4.78 is 11.1. The summed E-state index contributed by atoms with van der Waals surface area (Å²) >= 11 is 0. The average Bonchev–Trinajstić information content (AvgIpc) is 2.29. The third-order valence-corrected chi connectivity index (χ3v) is 2.66. The van der Waals surface area contributed by atoms with Crippen molar-refractivity contribution >= 4 is 6.08 Å². The van der Waals surface area contributed by atoms with Gasteiger partial charge in [-0.25, -0.2) is 0 Å². The molecule has 1 rings (SSSR count). The number of hydrogen-bond acceptors (Lipinski definition) is 2. The summed E-state index contributed by atoms with van der Waals surface area (Å²) in [7, 11) is 1.67. The molecule has 0 heterocycles. The smallest absolute Gasteiger partial charge is 0.161 e. The molecule has 0 saturated carbocycles. The Morgan fingerprint density at radius 1 is 1.17 bits per heavy atom. The summed E-state index contributed by atoms with van der Waals surface area (Å²) in [5.41, 5.74) is 1.41. The molecule has 0 radical (unpaired) electrons. The Hall–Kier alpha value is -1.44. The van der Waals surface area contributed by atoms with E-state index in [2.05, 4.69) is 20.8 Å².